The Labute approximate surface area is 119 Å². The quantitative estimate of drug-likeness (QED) is 0.920. The molecule has 2 amide bonds. The summed E-state index contributed by atoms with van der Waals surface area (Å²) in [5.74, 6) is -1.67. The number of carbonyl (C=O) groups excluding carboxylic acids is 2. The van der Waals surface area contributed by atoms with E-state index in [-0.39, 0.29) is 25.4 Å². The molecule has 1 aromatic rings. The molecule has 114 valence electrons. The summed E-state index contributed by atoms with van der Waals surface area (Å²) in [6.07, 6.45) is -4.53. The van der Waals surface area contributed by atoms with Gasteiger partial charge < -0.3 is 10.2 Å². The first-order valence-corrected chi connectivity index (χ1v) is 6.51. The molecule has 0 spiro atoms. The molecule has 1 saturated heterocycles. The fourth-order valence-electron chi connectivity index (χ4n) is 2.27. The molecule has 7 heteroatoms. The van der Waals surface area contributed by atoms with Crippen molar-refractivity contribution >= 4 is 11.8 Å². The number of benzene rings is 1. The van der Waals surface area contributed by atoms with Gasteiger partial charge in [-0.15, -0.1) is 0 Å². The van der Waals surface area contributed by atoms with Crippen LogP contribution in [0.25, 0.3) is 0 Å². The van der Waals surface area contributed by atoms with Crippen LogP contribution in [0.3, 0.4) is 0 Å². The van der Waals surface area contributed by atoms with Crippen LogP contribution in [0.4, 0.5) is 13.2 Å². The average molecular weight is 300 g/mol. The first-order chi connectivity index (χ1) is 9.85. The fraction of sp³-hybridized carbons (Fsp3) is 0.429. The molecule has 1 aliphatic rings. The summed E-state index contributed by atoms with van der Waals surface area (Å²) in [6.45, 7) is -1.34. The zero-order chi connectivity index (χ0) is 15.5. The average Bonchev–Trinajstić information content (AvgIpc) is 2.83. The molecular weight excluding hydrogens is 285 g/mol. The molecule has 1 heterocycles. The lowest BCUT2D eigenvalue weighted by Crippen LogP contribution is -2.42. The molecule has 21 heavy (non-hydrogen) atoms. The zero-order valence-electron chi connectivity index (χ0n) is 11.2. The highest BCUT2D eigenvalue weighted by atomic mass is 19.4. The van der Waals surface area contributed by atoms with E-state index in [0.717, 1.165) is 4.90 Å². The van der Waals surface area contributed by atoms with Gasteiger partial charge in [0.15, 0.2) is 0 Å². The van der Waals surface area contributed by atoms with Gasteiger partial charge in [0.2, 0.25) is 11.8 Å². The van der Waals surface area contributed by atoms with E-state index in [4.69, 9.17) is 0 Å². The maximum Gasteiger partial charge on any atom is 0.406 e. The van der Waals surface area contributed by atoms with Crippen LogP contribution in [0.1, 0.15) is 12.0 Å². The van der Waals surface area contributed by atoms with Crippen molar-refractivity contribution < 1.29 is 22.8 Å². The Morgan fingerprint density at radius 1 is 1.29 bits per heavy atom. The standard InChI is InChI=1S/C14H15F3N2O2/c15-14(16,17)9-19(8-10-4-2-1-3-5-10)13(21)11-6-12(20)18-7-11/h1-5,11H,6-9H2,(H,18,20). The first kappa shape index (κ1) is 15.3. The molecule has 0 saturated carbocycles. The van der Waals surface area contributed by atoms with Crippen molar-refractivity contribution in [1.82, 2.24) is 10.2 Å². The van der Waals surface area contributed by atoms with Crippen LogP contribution in [0.2, 0.25) is 0 Å². The Morgan fingerprint density at radius 3 is 2.48 bits per heavy atom. The summed E-state index contributed by atoms with van der Waals surface area (Å²) >= 11 is 0. The maximum atomic E-state index is 12.7. The smallest absolute Gasteiger partial charge is 0.355 e. The van der Waals surface area contributed by atoms with Gasteiger partial charge in [0.1, 0.15) is 6.54 Å². The summed E-state index contributed by atoms with van der Waals surface area (Å²) in [4.78, 5) is 24.1. The van der Waals surface area contributed by atoms with Crippen LogP contribution in [-0.2, 0) is 16.1 Å². The number of carbonyl (C=O) groups is 2. The Hall–Kier alpha value is -2.05. The van der Waals surface area contributed by atoms with Crippen molar-refractivity contribution in [1.29, 1.82) is 0 Å². The minimum Gasteiger partial charge on any atom is -0.355 e. The van der Waals surface area contributed by atoms with E-state index < -0.39 is 24.5 Å². The van der Waals surface area contributed by atoms with Gasteiger partial charge in [0.05, 0.1) is 5.92 Å². The molecular formula is C14H15F3N2O2. The van der Waals surface area contributed by atoms with Crippen molar-refractivity contribution in [3.63, 3.8) is 0 Å². The zero-order valence-corrected chi connectivity index (χ0v) is 11.2. The molecule has 4 nitrogen and oxygen atoms in total. The minimum absolute atomic E-state index is 0.0536. The minimum atomic E-state index is -4.47. The number of amides is 2. The number of alkyl halides is 3. The predicted octanol–water partition coefficient (Wildman–Crippen LogP) is 1.71. The van der Waals surface area contributed by atoms with Crippen molar-refractivity contribution in [3.05, 3.63) is 35.9 Å². The number of nitrogens with one attached hydrogen (secondary N) is 1. The van der Waals surface area contributed by atoms with Crippen LogP contribution in [0.5, 0.6) is 0 Å². The van der Waals surface area contributed by atoms with Gasteiger partial charge in [-0.05, 0) is 5.56 Å². The summed E-state index contributed by atoms with van der Waals surface area (Å²) in [7, 11) is 0. The molecule has 0 aromatic heterocycles. The van der Waals surface area contributed by atoms with E-state index in [1.54, 1.807) is 30.3 Å². The molecule has 0 bridgehead atoms. The largest absolute Gasteiger partial charge is 0.406 e. The van der Waals surface area contributed by atoms with Gasteiger partial charge in [-0.3, -0.25) is 9.59 Å². The van der Waals surface area contributed by atoms with Gasteiger partial charge in [-0.2, -0.15) is 13.2 Å². The van der Waals surface area contributed by atoms with Gasteiger partial charge in [-0.25, -0.2) is 0 Å². The second-order valence-corrected chi connectivity index (χ2v) is 5.00. The summed E-state index contributed by atoms with van der Waals surface area (Å²) in [6, 6.07) is 8.47. The Balaban J connectivity index is 2.11. The van der Waals surface area contributed by atoms with Crippen LogP contribution in [-0.4, -0.2) is 36.0 Å². The van der Waals surface area contributed by atoms with Crippen LogP contribution in [0.15, 0.2) is 30.3 Å². The monoisotopic (exact) mass is 300 g/mol. The third-order valence-corrected chi connectivity index (χ3v) is 3.22. The van der Waals surface area contributed by atoms with Crippen molar-refractivity contribution in [2.45, 2.75) is 19.1 Å². The van der Waals surface area contributed by atoms with Gasteiger partial charge in [-0.1, -0.05) is 30.3 Å². The summed E-state index contributed by atoms with van der Waals surface area (Å²) in [5, 5.41) is 2.46. The Bertz CT molecular complexity index is 517. The third-order valence-electron chi connectivity index (χ3n) is 3.22. The molecule has 0 aliphatic carbocycles. The third kappa shape index (κ3) is 4.47. The van der Waals surface area contributed by atoms with Crippen molar-refractivity contribution in [2.24, 2.45) is 5.92 Å². The molecule has 1 aliphatic heterocycles. The van der Waals surface area contributed by atoms with E-state index in [1.165, 1.54) is 0 Å². The lowest BCUT2D eigenvalue weighted by atomic mass is 10.1. The lowest BCUT2D eigenvalue weighted by molar-refractivity contribution is -0.164. The lowest BCUT2D eigenvalue weighted by Gasteiger charge is -2.26. The summed E-state index contributed by atoms with van der Waals surface area (Å²) in [5.41, 5.74) is 0.618. The van der Waals surface area contributed by atoms with E-state index >= 15 is 0 Å². The van der Waals surface area contributed by atoms with E-state index in [1.807, 2.05) is 0 Å². The Morgan fingerprint density at radius 2 is 1.95 bits per heavy atom. The topological polar surface area (TPSA) is 49.4 Å². The second kappa shape index (κ2) is 6.15. The molecule has 1 unspecified atom stereocenters. The molecule has 1 fully saturated rings. The predicted molar refractivity (Wildman–Crippen MR) is 69.0 cm³/mol. The number of halogens is 3. The maximum absolute atomic E-state index is 12.7. The molecule has 1 atom stereocenters. The van der Waals surface area contributed by atoms with E-state index in [2.05, 4.69) is 5.32 Å². The molecule has 1 N–H and O–H groups in total. The highest BCUT2D eigenvalue weighted by molar-refractivity contribution is 5.89. The number of nitrogens with zero attached hydrogens (tertiary/aromatic N) is 1. The number of rotatable bonds is 4. The normalized spacial score (nSPS) is 18.4. The fourth-order valence-corrected chi connectivity index (χ4v) is 2.27. The first-order valence-electron chi connectivity index (χ1n) is 6.51. The van der Waals surface area contributed by atoms with Crippen LogP contribution in [0, 0.1) is 5.92 Å². The van der Waals surface area contributed by atoms with Crippen LogP contribution < -0.4 is 5.32 Å². The summed E-state index contributed by atoms with van der Waals surface area (Å²) < 4.78 is 38.0. The van der Waals surface area contributed by atoms with Crippen LogP contribution >= 0.6 is 0 Å². The molecule has 0 radical (unpaired) electrons. The number of hydrogen-bond donors (Lipinski definition) is 1. The van der Waals surface area contributed by atoms with Gasteiger partial charge in [0.25, 0.3) is 0 Å². The SMILES string of the molecule is O=C1CC(C(=O)N(Cc2ccccc2)CC(F)(F)F)CN1. The van der Waals surface area contributed by atoms with Crippen molar-refractivity contribution in [3.8, 4) is 0 Å². The second-order valence-electron chi connectivity index (χ2n) is 5.00. The van der Waals surface area contributed by atoms with E-state index in [0.29, 0.717) is 5.56 Å². The van der Waals surface area contributed by atoms with Gasteiger partial charge >= 0.3 is 6.18 Å². The number of hydrogen-bond acceptors (Lipinski definition) is 2. The van der Waals surface area contributed by atoms with Crippen molar-refractivity contribution in [2.75, 3.05) is 13.1 Å². The van der Waals surface area contributed by atoms with E-state index in [9.17, 15) is 22.8 Å². The Kier molecular flexibility index (Phi) is 4.50. The molecule has 2 rings (SSSR count). The highest BCUT2D eigenvalue weighted by Crippen LogP contribution is 2.21. The highest BCUT2D eigenvalue weighted by Gasteiger charge is 2.37. The molecule has 1 aromatic carbocycles. The van der Waals surface area contributed by atoms with Gasteiger partial charge in [0, 0.05) is 19.5 Å².